The highest BCUT2D eigenvalue weighted by Crippen LogP contribution is 2.50. The van der Waals surface area contributed by atoms with Crippen LogP contribution in [0.4, 0.5) is 8.78 Å². The Morgan fingerprint density at radius 3 is 1.93 bits per heavy atom. The van der Waals surface area contributed by atoms with Crippen LogP contribution in [-0.4, -0.2) is 9.13 Å². The molecule has 0 saturated carbocycles. The van der Waals surface area contributed by atoms with E-state index in [2.05, 4.69) is 158 Å². The minimum absolute atomic E-state index is 0.0264. The molecule has 6 heteroatoms. The molecule has 0 fully saturated rings. The summed E-state index contributed by atoms with van der Waals surface area (Å²) >= 11 is 0. The highest BCUT2D eigenvalue weighted by Gasteiger charge is 2.40. The van der Waals surface area contributed by atoms with Crippen molar-refractivity contribution in [3.63, 3.8) is 0 Å². The van der Waals surface area contributed by atoms with Gasteiger partial charge in [-0.25, -0.2) is 17.9 Å². The van der Waals surface area contributed by atoms with E-state index < -0.39 is 0 Å². The molecule has 290 valence electrons. The molecule has 0 aliphatic carbocycles. The zero-order valence-electron chi connectivity index (χ0n) is 34.5. The van der Waals surface area contributed by atoms with Crippen LogP contribution in [0.2, 0.25) is 0 Å². The molecule has 1 unspecified atom stereocenters. The third-order valence-electron chi connectivity index (χ3n) is 12.8. The minimum atomic E-state index is -0.261. The molecule has 0 amide bonds. The van der Waals surface area contributed by atoms with E-state index in [-0.39, 0.29) is 23.5 Å². The van der Waals surface area contributed by atoms with Gasteiger partial charge in [0.25, 0.3) is 11.6 Å². The Labute approximate surface area is 343 Å². The molecule has 9 aromatic rings. The van der Waals surface area contributed by atoms with Crippen molar-refractivity contribution >= 4 is 22.1 Å². The van der Waals surface area contributed by atoms with Crippen molar-refractivity contribution in [2.24, 2.45) is 14.1 Å². The van der Waals surface area contributed by atoms with Crippen molar-refractivity contribution < 1.29 is 17.9 Å². The molecule has 1 atom stereocenters. The van der Waals surface area contributed by atoms with E-state index in [9.17, 15) is 8.78 Å². The maximum absolute atomic E-state index is 14.3. The van der Waals surface area contributed by atoms with Crippen LogP contribution < -0.4 is 9.13 Å². The van der Waals surface area contributed by atoms with E-state index in [4.69, 9.17) is 0 Å². The fourth-order valence-electron chi connectivity index (χ4n) is 9.80. The number of halogens is 2. The van der Waals surface area contributed by atoms with Gasteiger partial charge in [-0.2, -0.15) is 9.13 Å². The minimum Gasteiger partial charge on any atom is -0.225 e. The monoisotopic (exact) mass is 776 g/mol. The summed E-state index contributed by atoms with van der Waals surface area (Å²) in [5, 5.41) is 0. The summed E-state index contributed by atoms with van der Waals surface area (Å²) in [5.41, 5.74) is 19.6. The Morgan fingerprint density at radius 2 is 1.20 bits per heavy atom. The van der Waals surface area contributed by atoms with Gasteiger partial charge in [-0.3, -0.25) is 0 Å². The number of nitrogens with zero attached hydrogens (tertiary/aromatic N) is 4. The number of hydrogen-bond acceptors (Lipinski definition) is 0. The maximum atomic E-state index is 14.3. The zero-order valence-corrected chi connectivity index (χ0v) is 34.5. The number of para-hydroxylation sites is 2. The number of rotatable bonds is 6. The van der Waals surface area contributed by atoms with Crippen molar-refractivity contribution in [1.29, 1.82) is 0 Å². The lowest BCUT2D eigenvalue weighted by Gasteiger charge is -2.28. The van der Waals surface area contributed by atoms with Gasteiger partial charge in [0.1, 0.15) is 23.0 Å². The first kappa shape index (κ1) is 36.7. The van der Waals surface area contributed by atoms with Crippen molar-refractivity contribution in [2.75, 3.05) is 0 Å². The molecule has 0 saturated heterocycles. The Morgan fingerprint density at radius 1 is 0.576 bits per heavy atom. The Balaban J connectivity index is 1.28. The van der Waals surface area contributed by atoms with E-state index >= 15 is 0 Å². The van der Waals surface area contributed by atoms with E-state index in [1.807, 2.05) is 24.3 Å². The van der Waals surface area contributed by atoms with E-state index in [0.717, 1.165) is 56.2 Å². The van der Waals surface area contributed by atoms with E-state index in [0.29, 0.717) is 0 Å². The fourth-order valence-corrected chi connectivity index (χ4v) is 9.80. The Kier molecular flexibility index (Phi) is 8.53. The highest BCUT2D eigenvalue weighted by atomic mass is 19.1. The molecule has 4 nitrogen and oxygen atoms in total. The molecule has 3 heterocycles. The molecule has 2 aromatic heterocycles. The zero-order chi connectivity index (χ0) is 40.9. The summed E-state index contributed by atoms with van der Waals surface area (Å²) in [4.78, 5) is 0. The van der Waals surface area contributed by atoms with Gasteiger partial charge in [-0.05, 0) is 138 Å². The quantitative estimate of drug-likeness (QED) is 0.150. The molecule has 7 aromatic carbocycles. The molecular formula is C53H46F2N4+2. The lowest BCUT2D eigenvalue weighted by molar-refractivity contribution is -0.634. The standard InChI is InChI=1S/C53H46F2N4/c1-31(2)44-29-36(35-19-21-37(54)22-20-35)30-45-34(5)49-43(27-28-48-51(49)59(50(44)45)52(57(48)7)40-14-9-8-13-32(40)3)41-15-12-16-42(33(41)4)53-56(6)46-17-10-11-18-47(46)58(53)39-25-23-38(55)24-26-39/h8-31,34H,1-7H3/q+2. The number of fused-ring (bicyclic) bond motifs is 3. The van der Waals surface area contributed by atoms with Crippen molar-refractivity contribution in [1.82, 2.24) is 9.13 Å². The normalized spacial score (nSPS) is 13.5. The summed E-state index contributed by atoms with van der Waals surface area (Å²) < 4.78 is 37.9. The van der Waals surface area contributed by atoms with Gasteiger partial charge in [0.15, 0.2) is 22.1 Å². The topological polar surface area (TPSA) is 17.6 Å². The predicted molar refractivity (Wildman–Crippen MR) is 235 cm³/mol. The van der Waals surface area contributed by atoms with Gasteiger partial charge in [-0.15, -0.1) is 0 Å². The molecule has 0 bridgehead atoms. The molecule has 10 rings (SSSR count). The molecule has 0 N–H and O–H groups in total. The number of hydrogen-bond donors (Lipinski definition) is 0. The SMILES string of the molecule is Cc1ccccc1-c1n2c3c(c(-c4cccc(-c5n(-c6ccc(F)cc6)c6ccccc6[n+]5C)c4C)ccc3[n+]1C)C(C)c1cc(-c3ccc(F)cc3)cc(C(C)C)c1-2. The Hall–Kier alpha value is -6.66. The molecule has 0 radical (unpaired) electrons. The van der Waals surface area contributed by atoms with E-state index in [1.54, 1.807) is 12.1 Å². The second kappa shape index (κ2) is 13.7. The van der Waals surface area contributed by atoms with Crippen LogP contribution in [0.25, 0.3) is 78.5 Å². The van der Waals surface area contributed by atoms with Gasteiger partial charge in [0.2, 0.25) is 0 Å². The smallest absolute Gasteiger partial charge is 0.225 e. The third-order valence-corrected chi connectivity index (χ3v) is 12.8. The van der Waals surface area contributed by atoms with Crippen LogP contribution >= 0.6 is 0 Å². The van der Waals surface area contributed by atoms with Crippen molar-refractivity contribution in [2.45, 2.75) is 46.5 Å². The first-order valence-electron chi connectivity index (χ1n) is 20.5. The summed E-state index contributed by atoms with van der Waals surface area (Å²) in [5.74, 6) is 1.91. The summed E-state index contributed by atoms with van der Waals surface area (Å²) in [7, 11) is 4.31. The number of imidazole rings is 2. The lowest BCUT2D eigenvalue weighted by Crippen LogP contribution is -2.30. The molecule has 0 spiro atoms. The van der Waals surface area contributed by atoms with Gasteiger partial charge >= 0.3 is 0 Å². The van der Waals surface area contributed by atoms with Gasteiger partial charge in [-0.1, -0.05) is 75.4 Å². The summed E-state index contributed by atoms with van der Waals surface area (Å²) in [6.07, 6.45) is 0. The average Bonchev–Trinajstić information content (AvgIpc) is 3.70. The van der Waals surface area contributed by atoms with Crippen LogP contribution in [0.3, 0.4) is 0 Å². The summed E-state index contributed by atoms with van der Waals surface area (Å²) in [6.45, 7) is 11.3. The first-order valence-corrected chi connectivity index (χ1v) is 20.5. The number of benzene rings is 7. The van der Waals surface area contributed by atoms with Crippen LogP contribution in [0.15, 0.2) is 140 Å². The maximum Gasteiger partial charge on any atom is 0.295 e. The Bertz CT molecular complexity index is 3150. The lowest BCUT2D eigenvalue weighted by atomic mass is 9.79. The highest BCUT2D eigenvalue weighted by molar-refractivity contribution is 5.95. The average molecular weight is 777 g/mol. The first-order chi connectivity index (χ1) is 28.5. The van der Waals surface area contributed by atoms with Crippen molar-refractivity contribution in [3.8, 4) is 56.4 Å². The molecule has 1 aliphatic rings. The van der Waals surface area contributed by atoms with Gasteiger partial charge < -0.3 is 0 Å². The van der Waals surface area contributed by atoms with Gasteiger partial charge in [0, 0.05) is 22.6 Å². The second-order valence-electron chi connectivity index (χ2n) is 16.5. The van der Waals surface area contributed by atoms with Crippen LogP contribution in [0, 0.1) is 25.5 Å². The van der Waals surface area contributed by atoms with E-state index in [1.165, 1.54) is 62.2 Å². The van der Waals surface area contributed by atoms with Crippen LogP contribution in [0.5, 0.6) is 0 Å². The largest absolute Gasteiger partial charge is 0.295 e. The molecule has 59 heavy (non-hydrogen) atoms. The fraction of sp³-hybridized carbons (Fsp3) is 0.170. The van der Waals surface area contributed by atoms with Crippen LogP contribution in [-0.2, 0) is 14.1 Å². The third kappa shape index (κ3) is 5.53. The van der Waals surface area contributed by atoms with Crippen LogP contribution in [0.1, 0.15) is 60.4 Å². The van der Waals surface area contributed by atoms with Crippen molar-refractivity contribution in [3.05, 3.63) is 179 Å². The summed E-state index contributed by atoms with van der Waals surface area (Å²) in [6, 6.07) is 46.6. The second-order valence-corrected chi connectivity index (χ2v) is 16.5. The predicted octanol–water partition coefficient (Wildman–Crippen LogP) is 12.4. The number of aryl methyl sites for hydroxylation is 3. The molecule has 1 aliphatic heterocycles. The molecular weight excluding hydrogens is 731 g/mol. The number of aromatic nitrogens is 4. The van der Waals surface area contributed by atoms with Gasteiger partial charge in [0.05, 0.1) is 25.2 Å².